The zero-order valence-electron chi connectivity index (χ0n) is 13.9. The van der Waals surface area contributed by atoms with Crippen LogP contribution in [0.3, 0.4) is 0 Å². The number of halogens is 2. The fourth-order valence-corrected chi connectivity index (χ4v) is 4.09. The summed E-state index contributed by atoms with van der Waals surface area (Å²) in [5.41, 5.74) is -0.306. The summed E-state index contributed by atoms with van der Waals surface area (Å²) in [4.78, 5) is 12.1. The molecule has 0 spiro atoms. The summed E-state index contributed by atoms with van der Waals surface area (Å²) in [5.74, 6) is 0.298. The zero-order valence-corrected chi connectivity index (χ0v) is 14.7. The Balaban J connectivity index is 2.19. The number of amides is 1. The predicted molar refractivity (Wildman–Crippen MR) is 88.5 cm³/mol. The predicted octanol–water partition coefficient (Wildman–Crippen LogP) is 4.67. The van der Waals surface area contributed by atoms with E-state index in [0.29, 0.717) is 17.9 Å². The van der Waals surface area contributed by atoms with E-state index < -0.39 is 23.3 Å². The van der Waals surface area contributed by atoms with Gasteiger partial charge in [0, 0.05) is 11.6 Å². The Morgan fingerprint density at radius 1 is 1.35 bits per heavy atom. The number of thioether (sulfide) groups is 1. The fourth-order valence-electron chi connectivity index (χ4n) is 2.64. The number of rotatable bonds is 2. The van der Waals surface area contributed by atoms with Crippen LogP contribution in [0.4, 0.5) is 13.6 Å². The second kappa shape index (κ2) is 7.07. The second-order valence-corrected chi connectivity index (χ2v) is 8.19. The maximum atomic E-state index is 14.1. The van der Waals surface area contributed by atoms with Crippen molar-refractivity contribution in [3.63, 3.8) is 0 Å². The summed E-state index contributed by atoms with van der Waals surface area (Å²) in [6.07, 6.45) is 0.173. The van der Waals surface area contributed by atoms with E-state index in [-0.39, 0.29) is 11.3 Å². The third-order valence-electron chi connectivity index (χ3n) is 3.55. The molecular formula is C17H23F2NO2S. The number of nitrogens with one attached hydrogen (secondary N) is 1. The maximum Gasteiger partial charge on any atom is 0.407 e. The van der Waals surface area contributed by atoms with Crippen LogP contribution in [0.1, 0.15) is 44.9 Å². The van der Waals surface area contributed by atoms with Gasteiger partial charge in [0.05, 0.1) is 5.25 Å². The lowest BCUT2D eigenvalue weighted by molar-refractivity contribution is 0.0496. The molecule has 3 nitrogen and oxygen atoms in total. The van der Waals surface area contributed by atoms with Crippen LogP contribution < -0.4 is 5.32 Å². The van der Waals surface area contributed by atoms with Crippen LogP contribution in [-0.4, -0.2) is 23.5 Å². The van der Waals surface area contributed by atoms with Gasteiger partial charge in [-0.25, -0.2) is 13.6 Å². The molecule has 1 heterocycles. The Labute approximate surface area is 140 Å². The van der Waals surface area contributed by atoms with E-state index in [1.807, 2.05) is 0 Å². The van der Waals surface area contributed by atoms with Crippen molar-refractivity contribution in [1.82, 2.24) is 5.32 Å². The molecule has 128 valence electrons. The smallest absolute Gasteiger partial charge is 0.407 e. The van der Waals surface area contributed by atoms with Crippen molar-refractivity contribution < 1.29 is 18.3 Å². The minimum Gasteiger partial charge on any atom is -0.444 e. The largest absolute Gasteiger partial charge is 0.444 e. The van der Waals surface area contributed by atoms with Crippen LogP contribution in [0, 0.1) is 17.6 Å². The van der Waals surface area contributed by atoms with E-state index in [9.17, 15) is 13.6 Å². The van der Waals surface area contributed by atoms with E-state index in [2.05, 4.69) is 12.2 Å². The van der Waals surface area contributed by atoms with Crippen LogP contribution >= 0.6 is 11.8 Å². The number of benzene rings is 1. The highest BCUT2D eigenvalue weighted by Gasteiger charge is 2.34. The summed E-state index contributed by atoms with van der Waals surface area (Å²) in [6, 6.07) is 3.15. The SMILES string of the molecule is CC1CSC(c2cc(F)ccc2F)[C@@H](NC(=O)OC(C)(C)C)C1. The van der Waals surface area contributed by atoms with Crippen LogP contribution in [0.25, 0.3) is 0 Å². The summed E-state index contributed by atoms with van der Waals surface area (Å²) >= 11 is 1.54. The van der Waals surface area contributed by atoms with Crippen molar-refractivity contribution >= 4 is 17.9 Å². The third-order valence-corrected chi connectivity index (χ3v) is 5.25. The van der Waals surface area contributed by atoms with Crippen molar-refractivity contribution in [3.8, 4) is 0 Å². The second-order valence-electron chi connectivity index (χ2n) is 7.01. The highest BCUT2D eigenvalue weighted by atomic mass is 32.2. The minimum absolute atomic E-state index is 0.294. The standard InChI is InChI=1S/C17H23F2NO2S/c1-10-7-14(20-16(21)22-17(2,3)4)15(23-9-10)12-8-11(18)5-6-13(12)19/h5-6,8,10,14-15H,7,9H2,1-4H3,(H,20,21)/t10?,14-,15?/m0/s1. The van der Waals surface area contributed by atoms with Gasteiger partial charge in [-0.15, -0.1) is 0 Å². The summed E-state index contributed by atoms with van der Waals surface area (Å²) in [5, 5.41) is 2.51. The van der Waals surface area contributed by atoms with E-state index in [0.717, 1.165) is 17.9 Å². The highest BCUT2D eigenvalue weighted by Crippen LogP contribution is 2.42. The van der Waals surface area contributed by atoms with Gasteiger partial charge >= 0.3 is 6.09 Å². The first-order valence-corrected chi connectivity index (χ1v) is 8.76. The van der Waals surface area contributed by atoms with E-state index in [1.165, 1.54) is 17.8 Å². The molecule has 6 heteroatoms. The number of hydrogen-bond acceptors (Lipinski definition) is 3. The number of alkyl carbamates (subject to hydrolysis) is 1. The monoisotopic (exact) mass is 343 g/mol. The third kappa shape index (κ3) is 5.09. The number of hydrogen-bond donors (Lipinski definition) is 1. The van der Waals surface area contributed by atoms with Crippen LogP contribution in [-0.2, 0) is 4.74 Å². The molecule has 1 aromatic carbocycles. The minimum atomic E-state index is -0.600. The van der Waals surface area contributed by atoms with E-state index in [1.54, 1.807) is 20.8 Å². The van der Waals surface area contributed by atoms with Crippen molar-refractivity contribution in [2.24, 2.45) is 5.92 Å². The molecule has 1 fully saturated rings. The Morgan fingerprint density at radius 2 is 2.04 bits per heavy atom. The van der Waals surface area contributed by atoms with Gasteiger partial charge in [-0.1, -0.05) is 6.92 Å². The molecule has 0 radical (unpaired) electrons. The molecular weight excluding hydrogens is 320 g/mol. The van der Waals surface area contributed by atoms with E-state index >= 15 is 0 Å². The van der Waals surface area contributed by atoms with Crippen molar-refractivity contribution in [2.75, 3.05) is 5.75 Å². The van der Waals surface area contributed by atoms with Gasteiger partial charge in [0.15, 0.2) is 0 Å². The van der Waals surface area contributed by atoms with Crippen LogP contribution in [0.2, 0.25) is 0 Å². The van der Waals surface area contributed by atoms with Crippen molar-refractivity contribution in [2.45, 2.75) is 51.0 Å². The van der Waals surface area contributed by atoms with Gasteiger partial charge < -0.3 is 10.1 Å². The molecule has 0 aliphatic carbocycles. The van der Waals surface area contributed by atoms with Gasteiger partial charge in [0.2, 0.25) is 0 Å². The van der Waals surface area contributed by atoms with Gasteiger partial charge in [-0.2, -0.15) is 11.8 Å². The average molecular weight is 343 g/mol. The van der Waals surface area contributed by atoms with Crippen LogP contribution in [0.5, 0.6) is 0 Å². The first kappa shape index (κ1) is 18.0. The molecule has 1 amide bonds. The lowest BCUT2D eigenvalue weighted by Crippen LogP contribution is -2.44. The zero-order chi connectivity index (χ0) is 17.2. The summed E-state index contributed by atoms with van der Waals surface area (Å²) in [7, 11) is 0. The molecule has 1 aliphatic rings. The lowest BCUT2D eigenvalue weighted by Gasteiger charge is -2.35. The molecule has 1 aromatic rings. The molecule has 1 saturated heterocycles. The lowest BCUT2D eigenvalue weighted by atomic mass is 9.95. The molecule has 1 aliphatic heterocycles. The van der Waals surface area contributed by atoms with Gasteiger partial charge in [0.25, 0.3) is 0 Å². The number of carbonyl (C=O) groups is 1. The van der Waals surface area contributed by atoms with Gasteiger partial charge in [-0.3, -0.25) is 0 Å². The molecule has 2 rings (SSSR count). The molecule has 3 atom stereocenters. The summed E-state index contributed by atoms with van der Waals surface area (Å²) in [6.45, 7) is 7.44. The highest BCUT2D eigenvalue weighted by molar-refractivity contribution is 7.99. The Bertz CT molecular complexity index is 574. The van der Waals surface area contributed by atoms with E-state index in [4.69, 9.17) is 4.74 Å². The Hall–Kier alpha value is -1.30. The maximum absolute atomic E-state index is 14.1. The number of ether oxygens (including phenoxy) is 1. The number of carbonyl (C=O) groups excluding carboxylic acids is 1. The molecule has 2 unspecified atom stereocenters. The molecule has 0 saturated carbocycles. The van der Waals surface area contributed by atoms with Crippen LogP contribution in [0.15, 0.2) is 18.2 Å². The van der Waals surface area contributed by atoms with Crippen molar-refractivity contribution in [3.05, 3.63) is 35.4 Å². The quantitative estimate of drug-likeness (QED) is 0.848. The van der Waals surface area contributed by atoms with Crippen molar-refractivity contribution in [1.29, 1.82) is 0 Å². The van der Waals surface area contributed by atoms with Gasteiger partial charge in [0.1, 0.15) is 17.2 Å². The molecule has 23 heavy (non-hydrogen) atoms. The Morgan fingerprint density at radius 3 is 2.70 bits per heavy atom. The summed E-state index contributed by atoms with van der Waals surface area (Å²) < 4.78 is 32.9. The fraction of sp³-hybridized carbons (Fsp3) is 0.588. The first-order chi connectivity index (χ1) is 10.7. The topological polar surface area (TPSA) is 38.3 Å². The molecule has 0 bridgehead atoms. The average Bonchev–Trinajstić information content (AvgIpc) is 2.40. The Kier molecular flexibility index (Phi) is 5.55. The molecule has 1 N–H and O–H groups in total. The normalized spacial score (nSPS) is 25.0. The first-order valence-electron chi connectivity index (χ1n) is 7.72. The van der Waals surface area contributed by atoms with Gasteiger partial charge in [-0.05, 0) is 57.1 Å². The molecule has 0 aromatic heterocycles.